The van der Waals surface area contributed by atoms with Gasteiger partial charge in [0.2, 0.25) is 5.91 Å². The first-order valence-corrected chi connectivity index (χ1v) is 7.40. The van der Waals surface area contributed by atoms with Crippen LogP contribution in [0.25, 0.3) is 0 Å². The first-order valence-electron chi connectivity index (χ1n) is 7.40. The maximum atomic E-state index is 12.0. The predicted molar refractivity (Wildman–Crippen MR) is 73.2 cm³/mol. The van der Waals surface area contributed by atoms with Crippen molar-refractivity contribution in [2.45, 2.75) is 44.6 Å². The fourth-order valence-corrected chi connectivity index (χ4v) is 3.41. The zero-order valence-electron chi connectivity index (χ0n) is 11.6. The largest absolute Gasteiger partial charge is 0.345 e. The van der Waals surface area contributed by atoms with Crippen LogP contribution in [0.2, 0.25) is 0 Å². The first-order chi connectivity index (χ1) is 8.72. The summed E-state index contributed by atoms with van der Waals surface area (Å²) in [7, 11) is 1.92. The third-order valence-electron chi connectivity index (χ3n) is 4.59. The smallest absolute Gasteiger partial charge is 0.236 e. The predicted octanol–water partition coefficient (Wildman–Crippen LogP) is 1.06. The molecule has 0 aromatic rings. The highest BCUT2D eigenvalue weighted by atomic mass is 16.2. The summed E-state index contributed by atoms with van der Waals surface area (Å²) < 4.78 is 0. The van der Waals surface area contributed by atoms with E-state index in [1.165, 1.54) is 32.1 Å². The molecule has 1 amide bonds. The normalized spacial score (nSPS) is 32.1. The van der Waals surface area contributed by atoms with Crippen molar-refractivity contribution in [1.82, 2.24) is 9.80 Å². The van der Waals surface area contributed by atoms with E-state index in [9.17, 15) is 4.79 Å². The molecule has 104 valence electrons. The van der Waals surface area contributed by atoms with E-state index in [0.717, 1.165) is 26.1 Å². The topological polar surface area (TPSA) is 49.6 Å². The Labute approximate surface area is 110 Å². The van der Waals surface area contributed by atoms with Crippen LogP contribution >= 0.6 is 0 Å². The Kier molecular flexibility index (Phi) is 5.01. The molecule has 0 radical (unpaired) electrons. The zero-order valence-corrected chi connectivity index (χ0v) is 11.6. The Balaban J connectivity index is 2.04. The summed E-state index contributed by atoms with van der Waals surface area (Å²) in [6.45, 7) is 3.31. The highest BCUT2D eigenvalue weighted by molar-refractivity contribution is 5.78. The van der Waals surface area contributed by atoms with E-state index >= 15 is 0 Å². The summed E-state index contributed by atoms with van der Waals surface area (Å²) in [4.78, 5) is 16.3. The fourth-order valence-electron chi connectivity index (χ4n) is 3.41. The number of nitrogens with two attached hydrogens (primary N) is 1. The van der Waals surface area contributed by atoms with Gasteiger partial charge in [-0.3, -0.25) is 9.69 Å². The molecule has 2 atom stereocenters. The van der Waals surface area contributed by atoms with Crippen LogP contribution < -0.4 is 5.73 Å². The van der Waals surface area contributed by atoms with Gasteiger partial charge in [0.1, 0.15) is 0 Å². The maximum absolute atomic E-state index is 12.0. The molecule has 2 fully saturated rings. The summed E-state index contributed by atoms with van der Waals surface area (Å²) in [5, 5.41) is 0. The minimum absolute atomic E-state index is 0.271. The number of rotatable bonds is 2. The Morgan fingerprint density at radius 3 is 2.72 bits per heavy atom. The molecule has 18 heavy (non-hydrogen) atoms. The fraction of sp³-hybridized carbons (Fsp3) is 0.929. The number of nitrogens with zero attached hydrogens (tertiary/aromatic N) is 2. The molecule has 1 saturated heterocycles. The second kappa shape index (κ2) is 6.53. The Morgan fingerprint density at radius 1 is 1.17 bits per heavy atom. The van der Waals surface area contributed by atoms with Gasteiger partial charge in [0, 0.05) is 26.2 Å². The lowest BCUT2D eigenvalue weighted by molar-refractivity contribution is -0.130. The van der Waals surface area contributed by atoms with Gasteiger partial charge in [-0.2, -0.15) is 0 Å². The van der Waals surface area contributed by atoms with Gasteiger partial charge < -0.3 is 10.6 Å². The van der Waals surface area contributed by atoms with Crippen molar-refractivity contribution in [3.8, 4) is 0 Å². The molecule has 0 bridgehead atoms. The quantitative estimate of drug-likeness (QED) is 0.749. The number of hydrogen-bond acceptors (Lipinski definition) is 3. The van der Waals surface area contributed by atoms with Crippen LogP contribution in [0.15, 0.2) is 0 Å². The van der Waals surface area contributed by atoms with Gasteiger partial charge in [-0.15, -0.1) is 0 Å². The minimum Gasteiger partial charge on any atom is -0.345 e. The average molecular weight is 253 g/mol. The van der Waals surface area contributed by atoms with Crippen molar-refractivity contribution in [3.05, 3.63) is 0 Å². The lowest BCUT2D eigenvalue weighted by Crippen LogP contribution is -2.46. The molecule has 0 aromatic heterocycles. The van der Waals surface area contributed by atoms with E-state index < -0.39 is 0 Å². The third kappa shape index (κ3) is 3.23. The van der Waals surface area contributed by atoms with Crippen molar-refractivity contribution in [2.75, 3.05) is 33.2 Å². The van der Waals surface area contributed by atoms with Gasteiger partial charge in [-0.1, -0.05) is 19.3 Å². The third-order valence-corrected chi connectivity index (χ3v) is 4.59. The zero-order chi connectivity index (χ0) is 13.0. The van der Waals surface area contributed by atoms with E-state index in [4.69, 9.17) is 5.73 Å². The lowest BCUT2D eigenvalue weighted by atomic mass is 9.93. The van der Waals surface area contributed by atoms with Crippen molar-refractivity contribution in [3.63, 3.8) is 0 Å². The second-order valence-corrected chi connectivity index (χ2v) is 5.84. The molecule has 1 aliphatic heterocycles. The molecule has 2 N–H and O–H groups in total. The van der Waals surface area contributed by atoms with Crippen LogP contribution in [-0.2, 0) is 4.79 Å². The van der Waals surface area contributed by atoms with E-state index in [1.807, 2.05) is 11.9 Å². The first kappa shape index (κ1) is 13.8. The van der Waals surface area contributed by atoms with Gasteiger partial charge in [0.05, 0.1) is 6.54 Å². The molecule has 4 nitrogen and oxygen atoms in total. The van der Waals surface area contributed by atoms with E-state index in [-0.39, 0.29) is 5.91 Å². The van der Waals surface area contributed by atoms with Gasteiger partial charge >= 0.3 is 0 Å². The van der Waals surface area contributed by atoms with Gasteiger partial charge in [0.25, 0.3) is 0 Å². The number of amides is 1. The SMILES string of the molecule is CN1CCCN(C2CCCCCC2CN)CC1=O. The summed E-state index contributed by atoms with van der Waals surface area (Å²) in [5.41, 5.74) is 5.95. The monoisotopic (exact) mass is 253 g/mol. The summed E-state index contributed by atoms with van der Waals surface area (Å²) in [5.74, 6) is 0.858. The maximum Gasteiger partial charge on any atom is 0.236 e. The summed E-state index contributed by atoms with van der Waals surface area (Å²) in [6.07, 6.45) is 7.48. The Bertz CT molecular complexity index is 282. The molecule has 1 saturated carbocycles. The highest BCUT2D eigenvalue weighted by Gasteiger charge is 2.30. The van der Waals surface area contributed by atoms with Crippen molar-refractivity contribution in [2.24, 2.45) is 11.7 Å². The molecular weight excluding hydrogens is 226 g/mol. The van der Waals surface area contributed by atoms with Gasteiger partial charge in [-0.25, -0.2) is 0 Å². The van der Waals surface area contributed by atoms with E-state index in [0.29, 0.717) is 18.5 Å². The number of likely N-dealkylation sites (N-methyl/N-ethyl adjacent to an activating group) is 1. The van der Waals surface area contributed by atoms with Crippen LogP contribution in [-0.4, -0.2) is 55.0 Å². The average Bonchev–Trinajstić information content (AvgIpc) is 2.69. The Morgan fingerprint density at radius 2 is 1.94 bits per heavy atom. The second-order valence-electron chi connectivity index (χ2n) is 5.84. The minimum atomic E-state index is 0.271. The van der Waals surface area contributed by atoms with Crippen molar-refractivity contribution >= 4 is 5.91 Å². The lowest BCUT2D eigenvalue weighted by Gasteiger charge is -2.34. The molecule has 1 heterocycles. The molecule has 4 heteroatoms. The molecule has 0 aromatic carbocycles. The summed E-state index contributed by atoms with van der Waals surface area (Å²) >= 11 is 0. The van der Waals surface area contributed by atoms with Crippen LogP contribution in [0.3, 0.4) is 0 Å². The van der Waals surface area contributed by atoms with Gasteiger partial charge in [0.15, 0.2) is 0 Å². The molecule has 0 spiro atoms. The number of carbonyl (C=O) groups is 1. The van der Waals surface area contributed by atoms with Gasteiger partial charge in [-0.05, 0) is 31.7 Å². The number of carbonyl (C=O) groups excluding carboxylic acids is 1. The van der Waals surface area contributed by atoms with Crippen LogP contribution in [0.1, 0.15) is 38.5 Å². The molecule has 2 unspecified atom stereocenters. The number of hydrogen-bond donors (Lipinski definition) is 1. The molecule has 2 rings (SSSR count). The Hall–Kier alpha value is -0.610. The molecular formula is C14H27N3O. The molecule has 2 aliphatic rings. The van der Waals surface area contributed by atoms with Crippen molar-refractivity contribution < 1.29 is 4.79 Å². The standard InChI is InChI=1S/C14H27N3O/c1-16-8-5-9-17(11-14(16)18)13-7-4-2-3-6-12(13)10-15/h12-13H,2-11,15H2,1H3. The molecule has 1 aliphatic carbocycles. The van der Waals surface area contributed by atoms with E-state index in [1.54, 1.807) is 0 Å². The van der Waals surface area contributed by atoms with Crippen LogP contribution in [0.5, 0.6) is 0 Å². The van der Waals surface area contributed by atoms with Crippen molar-refractivity contribution in [1.29, 1.82) is 0 Å². The van der Waals surface area contributed by atoms with E-state index in [2.05, 4.69) is 4.90 Å². The summed E-state index contributed by atoms with van der Waals surface area (Å²) in [6, 6.07) is 0.535. The highest BCUT2D eigenvalue weighted by Crippen LogP contribution is 2.27. The van der Waals surface area contributed by atoms with Crippen LogP contribution in [0, 0.1) is 5.92 Å². The van der Waals surface area contributed by atoms with Crippen LogP contribution in [0.4, 0.5) is 0 Å².